The highest BCUT2D eigenvalue weighted by molar-refractivity contribution is 6.32. The van der Waals surface area contributed by atoms with Gasteiger partial charge in [-0.05, 0) is 49.3 Å². The summed E-state index contributed by atoms with van der Waals surface area (Å²) >= 11 is 6.28. The molecule has 0 radical (unpaired) electrons. The Morgan fingerprint density at radius 3 is 2.77 bits per heavy atom. The van der Waals surface area contributed by atoms with Crippen molar-refractivity contribution in [3.8, 4) is 17.1 Å². The van der Waals surface area contributed by atoms with Crippen LogP contribution in [0.3, 0.4) is 0 Å². The van der Waals surface area contributed by atoms with Gasteiger partial charge in [0.25, 0.3) is 11.5 Å². The van der Waals surface area contributed by atoms with E-state index in [4.69, 9.17) is 11.6 Å². The van der Waals surface area contributed by atoms with Crippen molar-refractivity contribution >= 4 is 23.3 Å². The van der Waals surface area contributed by atoms with E-state index in [1.165, 1.54) is 18.3 Å². The fourth-order valence-corrected chi connectivity index (χ4v) is 4.61. The topological polar surface area (TPSA) is 111 Å². The summed E-state index contributed by atoms with van der Waals surface area (Å²) < 4.78 is 13.5. The van der Waals surface area contributed by atoms with Crippen LogP contribution in [0.15, 0.2) is 47.4 Å². The Morgan fingerprint density at radius 2 is 2.06 bits per heavy atom. The number of aromatic amines is 1. The Bertz CT molecular complexity index is 1260. The number of halogens is 2. The van der Waals surface area contributed by atoms with Gasteiger partial charge in [-0.3, -0.25) is 9.59 Å². The third kappa shape index (κ3) is 5.97. The van der Waals surface area contributed by atoms with Crippen LogP contribution in [-0.2, 0) is 0 Å². The molecule has 2 aromatic heterocycles. The average molecular weight is 500 g/mol. The number of phenolic OH excluding ortho intramolecular Hbond substituents is 1. The zero-order valence-corrected chi connectivity index (χ0v) is 20.1. The van der Waals surface area contributed by atoms with Crippen molar-refractivity contribution in [2.24, 2.45) is 11.8 Å². The number of benzene rings is 1. The molecule has 8 nitrogen and oxygen atoms in total. The van der Waals surface area contributed by atoms with Gasteiger partial charge in [-0.1, -0.05) is 30.7 Å². The van der Waals surface area contributed by atoms with Gasteiger partial charge in [-0.25, -0.2) is 9.97 Å². The van der Waals surface area contributed by atoms with E-state index in [1.54, 1.807) is 24.3 Å². The summed E-state index contributed by atoms with van der Waals surface area (Å²) in [6.45, 7) is 3.97. The Hall–Kier alpha value is -3.46. The van der Waals surface area contributed by atoms with E-state index in [2.05, 4.69) is 27.2 Å². The Labute approximate surface area is 207 Å². The van der Waals surface area contributed by atoms with E-state index >= 15 is 0 Å². The molecule has 1 unspecified atom stereocenters. The number of phenols is 1. The number of hydrogen-bond acceptors (Lipinski definition) is 6. The van der Waals surface area contributed by atoms with Crippen LogP contribution in [0.2, 0.25) is 5.02 Å². The highest BCUT2D eigenvalue weighted by Crippen LogP contribution is 2.30. The van der Waals surface area contributed by atoms with Gasteiger partial charge < -0.3 is 20.3 Å². The minimum Gasteiger partial charge on any atom is -0.507 e. The van der Waals surface area contributed by atoms with E-state index in [0.717, 1.165) is 19.3 Å². The average Bonchev–Trinajstić information content (AvgIpc) is 2.85. The lowest BCUT2D eigenvalue weighted by atomic mass is 9.88. The lowest BCUT2D eigenvalue weighted by Gasteiger charge is -2.34. The molecule has 0 saturated carbocycles. The summed E-state index contributed by atoms with van der Waals surface area (Å²) in [6, 6.07) is 9.26. The molecule has 1 aromatic carbocycles. The molecule has 1 aliphatic heterocycles. The normalized spacial score (nSPS) is 15.1. The number of aromatic nitrogens is 3. The second-order valence-electron chi connectivity index (χ2n) is 8.92. The molecule has 1 atom stereocenters. The summed E-state index contributed by atoms with van der Waals surface area (Å²) in [5.41, 5.74) is 0.214. The maximum absolute atomic E-state index is 13.5. The summed E-state index contributed by atoms with van der Waals surface area (Å²) in [6.07, 6.45) is 4.03. The highest BCUT2D eigenvalue weighted by atomic mass is 35.5. The van der Waals surface area contributed by atoms with Gasteiger partial charge in [-0.15, -0.1) is 0 Å². The predicted octanol–water partition coefficient (Wildman–Crippen LogP) is 4.00. The standard InChI is InChI=1S/C25H27ClFN5O3/c1-15(14-29-24(34)18-4-2-3-5-19(18)33)12-16-7-10-32(11-8-16)23-21(26)25(35)31-22(30-23)17-6-9-28-20(27)13-17/h2-6,9,13,15-16,33H,7-8,10-12,14H2,1H3,(H,29,34)(H,30,31,35). The van der Waals surface area contributed by atoms with E-state index in [1.807, 2.05) is 4.90 Å². The van der Waals surface area contributed by atoms with Crippen LogP contribution in [0.25, 0.3) is 11.4 Å². The van der Waals surface area contributed by atoms with Gasteiger partial charge in [0.2, 0.25) is 5.95 Å². The number of para-hydroxylation sites is 1. The van der Waals surface area contributed by atoms with Crippen molar-refractivity contribution in [3.63, 3.8) is 0 Å². The fraction of sp³-hybridized carbons (Fsp3) is 0.360. The third-order valence-corrected chi connectivity index (χ3v) is 6.60. The smallest absolute Gasteiger partial charge is 0.272 e. The Kier molecular flexibility index (Phi) is 7.65. The van der Waals surface area contributed by atoms with Gasteiger partial charge >= 0.3 is 0 Å². The molecule has 1 saturated heterocycles. The highest BCUT2D eigenvalue weighted by Gasteiger charge is 2.25. The number of aromatic hydroxyl groups is 1. The molecule has 0 spiro atoms. The summed E-state index contributed by atoms with van der Waals surface area (Å²) in [5, 5.41) is 12.7. The number of hydrogen-bond donors (Lipinski definition) is 3. The zero-order chi connectivity index (χ0) is 24.9. The summed E-state index contributed by atoms with van der Waals surface area (Å²) in [7, 11) is 0. The monoisotopic (exact) mass is 499 g/mol. The number of nitrogens with one attached hydrogen (secondary N) is 2. The molecule has 35 heavy (non-hydrogen) atoms. The predicted molar refractivity (Wildman–Crippen MR) is 132 cm³/mol. The quantitative estimate of drug-likeness (QED) is 0.424. The maximum Gasteiger partial charge on any atom is 0.272 e. The van der Waals surface area contributed by atoms with Gasteiger partial charge in [-0.2, -0.15) is 4.39 Å². The van der Waals surface area contributed by atoms with Crippen molar-refractivity contribution in [1.82, 2.24) is 20.3 Å². The molecular weight excluding hydrogens is 473 g/mol. The van der Waals surface area contributed by atoms with E-state index in [0.29, 0.717) is 36.9 Å². The summed E-state index contributed by atoms with van der Waals surface area (Å²) in [4.78, 5) is 37.4. The maximum atomic E-state index is 13.5. The number of rotatable bonds is 7. The molecule has 10 heteroatoms. The Morgan fingerprint density at radius 1 is 1.31 bits per heavy atom. The molecule has 3 heterocycles. The SMILES string of the molecule is CC(CNC(=O)c1ccccc1O)CC1CCN(c2nc(-c3ccnc(F)c3)[nH]c(=O)c2Cl)CC1. The first-order valence-corrected chi connectivity index (χ1v) is 11.9. The van der Waals surface area contributed by atoms with Gasteiger partial charge in [0.05, 0.1) is 5.56 Å². The second-order valence-corrected chi connectivity index (χ2v) is 9.30. The second kappa shape index (κ2) is 10.9. The number of piperidine rings is 1. The molecule has 4 rings (SSSR count). The fourth-order valence-electron chi connectivity index (χ4n) is 4.40. The van der Waals surface area contributed by atoms with Gasteiger partial charge in [0.1, 0.15) is 16.6 Å². The molecule has 1 aliphatic rings. The number of anilines is 1. The molecule has 3 aromatic rings. The van der Waals surface area contributed by atoms with Crippen molar-refractivity contribution in [3.05, 3.63) is 69.5 Å². The first-order valence-electron chi connectivity index (χ1n) is 11.5. The van der Waals surface area contributed by atoms with Crippen molar-refractivity contribution in [2.75, 3.05) is 24.5 Å². The van der Waals surface area contributed by atoms with Crippen LogP contribution in [0.4, 0.5) is 10.2 Å². The molecule has 1 fully saturated rings. The van der Waals surface area contributed by atoms with Crippen LogP contribution < -0.4 is 15.8 Å². The minimum absolute atomic E-state index is 0.0157. The number of pyridine rings is 1. The molecular formula is C25H27ClFN5O3. The number of carbonyl (C=O) groups excluding carboxylic acids is 1. The van der Waals surface area contributed by atoms with Crippen LogP contribution >= 0.6 is 11.6 Å². The first-order chi connectivity index (χ1) is 16.8. The van der Waals surface area contributed by atoms with Crippen molar-refractivity contribution in [2.45, 2.75) is 26.2 Å². The number of nitrogens with zero attached hydrogens (tertiary/aromatic N) is 3. The molecule has 184 valence electrons. The summed E-state index contributed by atoms with van der Waals surface area (Å²) in [5.74, 6) is 0.372. The Balaban J connectivity index is 1.33. The van der Waals surface area contributed by atoms with Crippen molar-refractivity contribution < 1.29 is 14.3 Å². The molecule has 0 bridgehead atoms. The van der Waals surface area contributed by atoms with Crippen LogP contribution in [0, 0.1) is 17.8 Å². The molecule has 0 aliphatic carbocycles. The van der Waals surface area contributed by atoms with E-state index in [9.17, 15) is 19.1 Å². The lowest BCUT2D eigenvalue weighted by molar-refractivity contribution is 0.0943. The third-order valence-electron chi connectivity index (χ3n) is 6.25. The van der Waals surface area contributed by atoms with Crippen molar-refractivity contribution in [1.29, 1.82) is 0 Å². The number of H-pyrrole nitrogens is 1. The van der Waals surface area contributed by atoms with E-state index in [-0.39, 0.29) is 34.0 Å². The lowest BCUT2D eigenvalue weighted by Crippen LogP contribution is -2.37. The zero-order valence-electron chi connectivity index (χ0n) is 19.3. The molecule has 3 N–H and O–H groups in total. The van der Waals surface area contributed by atoms with Crippen LogP contribution in [-0.4, -0.2) is 45.6 Å². The van der Waals surface area contributed by atoms with Crippen LogP contribution in [0.1, 0.15) is 36.5 Å². The van der Waals surface area contributed by atoms with Gasteiger partial charge in [0.15, 0.2) is 5.82 Å². The van der Waals surface area contributed by atoms with Crippen LogP contribution in [0.5, 0.6) is 5.75 Å². The molecule has 1 amide bonds. The van der Waals surface area contributed by atoms with Gasteiger partial charge in [0, 0.05) is 37.5 Å². The minimum atomic E-state index is -0.659. The van der Waals surface area contributed by atoms with E-state index < -0.39 is 11.5 Å². The first kappa shape index (κ1) is 24.7. The largest absolute Gasteiger partial charge is 0.507 e. The number of carbonyl (C=O) groups is 1. The number of amides is 1.